The average Bonchev–Trinajstić information content (AvgIpc) is 2.65. The maximum Gasteiger partial charge on any atom is 0.272 e. The van der Waals surface area contributed by atoms with E-state index in [1.807, 2.05) is 26.1 Å². The van der Waals surface area contributed by atoms with E-state index in [2.05, 4.69) is 33.7 Å². The zero-order valence-corrected chi connectivity index (χ0v) is 16.3. The molecule has 1 amide bonds. The van der Waals surface area contributed by atoms with E-state index in [4.69, 9.17) is 0 Å². The molecule has 0 N–H and O–H groups in total. The van der Waals surface area contributed by atoms with Gasteiger partial charge in [-0.1, -0.05) is 13.8 Å². The number of hydrogen-bond donors (Lipinski definition) is 0. The largest absolute Gasteiger partial charge is 0.341 e. The van der Waals surface area contributed by atoms with Gasteiger partial charge in [0.05, 0.1) is 0 Å². The van der Waals surface area contributed by atoms with Crippen LogP contribution in [0, 0.1) is 6.92 Å². The number of pyridine rings is 1. The van der Waals surface area contributed by atoms with Gasteiger partial charge in [0, 0.05) is 44.8 Å². The van der Waals surface area contributed by atoms with Crippen LogP contribution in [0.4, 0.5) is 5.95 Å². The molecule has 0 atom stereocenters. The van der Waals surface area contributed by atoms with Crippen LogP contribution in [0.5, 0.6) is 0 Å². The van der Waals surface area contributed by atoms with Crippen molar-refractivity contribution < 1.29 is 4.79 Å². The summed E-state index contributed by atoms with van der Waals surface area (Å²) in [5.74, 6) is 0.582. The van der Waals surface area contributed by atoms with Crippen molar-refractivity contribution >= 4 is 11.9 Å². The molecule has 0 aliphatic heterocycles. The minimum absolute atomic E-state index is 0.0706. The summed E-state index contributed by atoms with van der Waals surface area (Å²) in [5.41, 5.74) is 2.44. The van der Waals surface area contributed by atoms with Gasteiger partial charge in [-0.3, -0.25) is 9.78 Å². The zero-order valence-electron chi connectivity index (χ0n) is 16.3. The zero-order chi connectivity index (χ0) is 18.9. The van der Waals surface area contributed by atoms with Gasteiger partial charge in [-0.05, 0) is 49.9 Å². The Balaban J connectivity index is 2.11. The van der Waals surface area contributed by atoms with E-state index in [0.29, 0.717) is 18.2 Å². The topological polar surface area (TPSA) is 62.2 Å². The summed E-state index contributed by atoms with van der Waals surface area (Å²) in [6, 6.07) is 5.71. The third kappa shape index (κ3) is 5.51. The molecule has 0 saturated carbocycles. The lowest BCUT2D eigenvalue weighted by atomic mass is 10.2. The molecule has 2 rings (SSSR count). The van der Waals surface area contributed by atoms with Gasteiger partial charge in [0.1, 0.15) is 5.69 Å². The molecule has 6 heteroatoms. The van der Waals surface area contributed by atoms with Crippen molar-refractivity contribution in [2.45, 2.75) is 40.0 Å². The van der Waals surface area contributed by atoms with Gasteiger partial charge in [0.2, 0.25) is 5.95 Å². The number of aromatic nitrogens is 3. The number of aryl methyl sites for hydroxylation is 1. The second-order valence-corrected chi connectivity index (χ2v) is 6.51. The fraction of sp³-hybridized carbons (Fsp3) is 0.500. The second-order valence-electron chi connectivity index (χ2n) is 6.51. The van der Waals surface area contributed by atoms with E-state index in [0.717, 1.165) is 43.6 Å². The van der Waals surface area contributed by atoms with Crippen molar-refractivity contribution in [3.63, 3.8) is 0 Å². The molecule has 26 heavy (non-hydrogen) atoms. The normalized spacial score (nSPS) is 10.6. The lowest BCUT2D eigenvalue weighted by Crippen LogP contribution is -2.32. The Kier molecular flexibility index (Phi) is 7.51. The molecule has 0 aromatic carbocycles. The van der Waals surface area contributed by atoms with E-state index in [1.165, 1.54) is 0 Å². The molecule has 0 fully saturated rings. The smallest absolute Gasteiger partial charge is 0.272 e. The van der Waals surface area contributed by atoms with Crippen LogP contribution in [0.25, 0.3) is 0 Å². The summed E-state index contributed by atoms with van der Waals surface area (Å²) in [5, 5.41) is 0. The third-order valence-corrected chi connectivity index (χ3v) is 4.16. The first kappa shape index (κ1) is 19.8. The van der Waals surface area contributed by atoms with Crippen LogP contribution in [0.1, 0.15) is 48.4 Å². The minimum Gasteiger partial charge on any atom is -0.341 e. The maximum atomic E-state index is 12.8. The Hall–Kier alpha value is -2.50. The maximum absolute atomic E-state index is 12.8. The molecule has 2 aromatic heterocycles. The van der Waals surface area contributed by atoms with Crippen molar-refractivity contribution in [3.8, 4) is 0 Å². The lowest BCUT2D eigenvalue weighted by molar-refractivity contribution is 0.0790. The molecule has 0 bridgehead atoms. The predicted molar refractivity (Wildman–Crippen MR) is 104 cm³/mol. The Bertz CT molecular complexity index is 699. The highest BCUT2D eigenvalue weighted by atomic mass is 16.2. The standard InChI is InChI=1S/C20H29N5O/c1-5-12-25(13-6-2)20-22-16(3)15-18(23-20)19(26)24(4)14-9-17-7-10-21-11-8-17/h7-8,10-11,15H,5-6,9,12-14H2,1-4H3. The predicted octanol–water partition coefficient (Wildman–Crippen LogP) is 3.12. The molecule has 0 aliphatic rings. The molecule has 0 aliphatic carbocycles. The van der Waals surface area contributed by atoms with Gasteiger partial charge in [-0.25, -0.2) is 9.97 Å². The number of likely N-dealkylation sites (N-methyl/N-ethyl adjacent to an activating group) is 1. The lowest BCUT2D eigenvalue weighted by Gasteiger charge is -2.23. The Morgan fingerprint density at radius 3 is 2.31 bits per heavy atom. The molecule has 6 nitrogen and oxygen atoms in total. The van der Waals surface area contributed by atoms with Gasteiger partial charge in [0.15, 0.2) is 0 Å². The van der Waals surface area contributed by atoms with Crippen LogP contribution in [0.2, 0.25) is 0 Å². The van der Waals surface area contributed by atoms with Gasteiger partial charge >= 0.3 is 0 Å². The average molecular weight is 355 g/mol. The summed E-state index contributed by atoms with van der Waals surface area (Å²) < 4.78 is 0. The van der Waals surface area contributed by atoms with Crippen molar-refractivity contribution in [2.75, 3.05) is 31.6 Å². The van der Waals surface area contributed by atoms with Crippen LogP contribution in [-0.4, -0.2) is 52.4 Å². The van der Waals surface area contributed by atoms with Crippen LogP contribution >= 0.6 is 0 Å². The highest BCUT2D eigenvalue weighted by Gasteiger charge is 2.17. The van der Waals surface area contributed by atoms with Crippen molar-refractivity contribution in [1.29, 1.82) is 0 Å². The minimum atomic E-state index is -0.0706. The highest BCUT2D eigenvalue weighted by molar-refractivity contribution is 5.92. The third-order valence-electron chi connectivity index (χ3n) is 4.16. The molecule has 0 unspecified atom stereocenters. The Morgan fingerprint density at radius 1 is 1.04 bits per heavy atom. The molecular formula is C20H29N5O. The van der Waals surface area contributed by atoms with Crippen LogP contribution in [0.15, 0.2) is 30.6 Å². The summed E-state index contributed by atoms with van der Waals surface area (Å²) in [6.07, 6.45) is 6.37. The SMILES string of the molecule is CCCN(CCC)c1nc(C)cc(C(=O)N(C)CCc2ccncc2)n1. The summed E-state index contributed by atoms with van der Waals surface area (Å²) in [6.45, 7) is 8.60. The number of hydrogen-bond acceptors (Lipinski definition) is 5. The molecule has 2 heterocycles. The Morgan fingerprint density at radius 2 is 1.69 bits per heavy atom. The van der Waals surface area contributed by atoms with Gasteiger partial charge in [-0.15, -0.1) is 0 Å². The van der Waals surface area contributed by atoms with Gasteiger partial charge in [-0.2, -0.15) is 0 Å². The molecular weight excluding hydrogens is 326 g/mol. The molecule has 0 spiro atoms. The van der Waals surface area contributed by atoms with Crippen LogP contribution in [0.3, 0.4) is 0 Å². The number of carbonyl (C=O) groups is 1. The fourth-order valence-electron chi connectivity index (χ4n) is 2.80. The van der Waals surface area contributed by atoms with E-state index < -0.39 is 0 Å². The fourth-order valence-corrected chi connectivity index (χ4v) is 2.80. The first-order valence-corrected chi connectivity index (χ1v) is 9.30. The van der Waals surface area contributed by atoms with Gasteiger partial charge < -0.3 is 9.80 Å². The summed E-state index contributed by atoms with van der Waals surface area (Å²) in [7, 11) is 1.82. The van der Waals surface area contributed by atoms with Crippen molar-refractivity contribution in [1.82, 2.24) is 19.9 Å². The molecule has 0 saturated heterocycles. The van der Waals surface area contributed by atoms with Crippen LogP contribution in [-0.2, 0) is 6.42 Å². The van der Waals surface area contributed by atoms with E-state index in [-0.39, 0.29) is 5.91 Å². The number of anilines is 1. The van der Waals surface area contributed by atoms with Crippen molar-refractivity contribution in [2.24, 2.45) is 0 Å². The number of carbonyl (C=O) groups excluding carboxylic acids is 1. The monoisotopic (exact) mass is 355 g/mol. The number of nitrogens with zero attached hydrogens (tertiary/aromatic N) is 5. The molecule has 0 radical (unpaired) electrons. The van der Waals surface area contributed by atoms with E-state index in [1.54, 1.807) is 23.4 Å². The summed E-state index contributed by atoms with van der Waals surface area (Å²) in [4.78, 5) is 29.8. The van der Waals surface area contributed by atoms with E-state index >= 15 is 0 Å². The van der Waals surface area contributed by atoms with Crippen LogP contribution < -0.4 is 4.90 Å². The van der Waals surface area contributed by atoms with Crippen molar-refractivity contribution in [3.05, 3.63) is 47.5 Å². The first-order chi connectivity index (χ1) is 12.5. The number of amides is 1. The second kappa shape index (κ2) is 9.85. The van der Waals surface area contributed by atoms with Gasteiger partial charge in [0.25, 0.3) is 5.91 Å². The van der Waals surface area contributed by atoms with E-state index in [9.17, 15) is 4.79 Å². The summed E-state index contributed by atoms with van der Waals surface area (Å²) >= 11 is 0. The quantitative estimate of drug-likeness (QED) is 0.691. The molecule has 140 valence electrons. The number of rotatable bonds is 9. The Labute approximate surface area is 156 Å². The highest BCUT2D eigenvalue weighted by Crippen LogP contribution is 2.13. The first-order valence-electron chi connectivity index (χ1n) is 9.30. The molecule has 2 aromatic rings.